The van der Waals surface area contributed by atoms with E-state index in [9.17, 15) is 19.3 Å². The van der Waals surface area contributed by atoms with Crippen molar-refractivity contribution in [2.75, 3.05) is 6.54 Å². The number of benzene rings is 1. The number of aliphatic hydroxyl groups excluding tert-OH is 1. The maximum absolute atomic E-state index is 13.1. The molecule has 0 bridgehead atoms. The van der Waals surface area contributed by atoms with E-state index in [1.165, 1.54) is 6.07 Å². The summed E-state index contributed by atoms with van der Waals surface area (Å²) in [7, 11) is 0. The Hall–Kier alpha value is -2.02. The highest BCUT2D eigenvalue weighted by molar-refractivity contribution is 5.94. The van der Waals surface area contributed by atoms with E-state index in [1.807, 2.05) is 0 Å². The molecule has 1 unspecified atom stereocenters. The van der Waals surface area contributed by atoms with E-state index in [2.05, 4.69) is 5.32 Å². The van der Waals surface area contributed by atoms with Crippen molar-refractivity contribution in [1.82, 2.24) is 5.32 Å². The zero-order valence-electron chi connectivity index (χ0n) is 10.4. The second-order valence-electron chi connectivity index (χ2n) is 4.17. The van der Waals surface area contributed by atoms with Crippen LogP contribution in [0.1, 0.15) is 30.1 Å². The summed E-state index contributed by atoms with van der Waals surface area (Å²) in [5.41, 5.74) is -0.693. The zero-order valence-corrected chi connectivity index (χ0v) is 10.4. The Morgan fingerprint density at radius 1 is 1.58 bits per heavy atom. The number of nitro benzene ring substituents is 1. The summed E-state index contributed by atoms with van der Waals surface area (Å²) in [6, 6.07) is 2.98. The number of hydrogen-bond donors (Lipinski definition) is 2. The molecule has 1 rings (SSSR count). The minimum absolute atomic E-state index is 0.0325. The van der Waals surface area contributed by atoms with Crippen molar-refractivity contribution in [2.24, 2.45) is 0 Å². The summed E-state index contributed by atoms with van der Waals surface area (Å²) < 4.78 is 13.1. The van der Waals surface area contributed by atoms with Gasteiger partial charge in [-0.3, -0.25) is 14.9 Å². The van der Waals surface area contributed by atoms with Gasteiger partial charge in [-0.05, 0) is 31.9 Å². The van der Waals surface area contributed by atoms with Crippen LogP contribution in [-0.2, 0) is 0 Å². The normalized spacial score (nSPS) is 11.9. The van der Waals surface area contributed by atoms with E-state index in [0.717, 1.165) is 12.1 Å². The van der Waals surface area contributed by atoms with Gasteiger partial charge in [0.25, 0.3) is 5.91 Å². The standard InChI is InChI=1S/C12H15FN2O4/c1-8(16)3-2-6-14-12(17)9-4-5-10(13)11(7-9)15(18)19/h4-5,7-8,16H,2-3,6H2,1H3,(H,14,17). The number of halogens is 1. The molecule has 7 heteroatoms. The van der Waals surface area contributed by atoms with Crippen molar-refractivity contribution in [3.05, 3.63) is 39.7 Å². The first-order valence-corrected chi connectivity index (χ1v) is 5.82. The van der Waals surface area contributed by atoms with Gasteiger partial charge >= 0.3 is 5.69 Å². The van der Waals surface area contributed by atoms with Crippen molar-refractivity contribution >= 4 is 11.6 Å². The highest BCUT2D eigenvalue weighted by atomic mass is 19.1. The van der Waals surface area contributed by atoms with Gasteiger partial charge in [0.1, 0.15) is 0 Å². The smallest absolute Gasteiger partial charge is 0.305 e. The summed E-state index contributed by atoms with van der Waals surface area (Å²) in [6.45, 7) is 1.99. The average Bonchev–Trinajstić information content (AvgIpc) is 2.34. The van der Waals surface area contributed by atoms with E-state index in [4.69, 9.17) is 5.11 Å². The zero-order chi connectivity index (χ0) is 14.4. The molecule has 0 radical (unpaired) electrons. The quantitative estimate of drug-likeness (QED) is 0.466. The molecule has 0 saturated carbocycles. The summed E-state index contributed by atoms with van der Waals surface area (Å²) in [5, 5.41) is 22.1. The van der Waals surface area contributed by atoms with Gasteiger partial charge in [0.15, 0.2) is 0 Å². The molecule has 1 atom stereocenters. The molecule has 0 aliphatic carbocycles. The minimum Gasteiger partial charge on any atom is -0.393 e. The van der Waals surface area contributed by atoms with Crippen molar-refractivity contribution in [1.29, 1.82) is 0 Å². The van der Waals surface area contributed by atoms with Gasteiger partial charge in [-0.15, -0.1) is 0 Å². The topological polar surface area (TPSA) is 92.5 Å². The first-order valence-electron chi connectivity index (χ1n) is 5.82. The molecule has 6 nitrogen and oxygen atoms in total. The molecule has 0 heterocycles. The Balaban J connectivity index is 2.62. The number of nitrogens with one attached hydrogen (secondary N) is 1. The van der Waals surface area contributed by atoms with E-state index in [-0.39, 0.29) is 5.56 Å². The third-order valence-electron chi connectivity index (χ3n) is 2.49. The largest absolute Gasteiger partial charge is 0.393 e. The Morgan fingerprint density at radius 2 is 2.26 bits per heavy atom. The molecule has 1 amide bonds. The van der Waals surface area contributed by atoms with Gasteiger partial charge in [0, 0.05) is 18.2 Å². The van der Waals surface area contributed by atoms with Crippen molar-refractivity contribution in [3.63, 3.8) is 0 Å². The summed E-state index contributed by atoms with van der Waals surface area (Å²) in [6.07, 6.45) is 0.695. The number of hydrogen-bond acceptors (Lipinski definition) is 4. The first-order chi connectivity index (χ1) is 8.91. The number of nitrogens with zero attached hydrogens (tertiary/aromatic N) is 1. The summed E-state index contributed by atoms with van der Waals surface area (Å²) in [4.78, 5) is 21.3. The van der Waals surface area contributed by atoms with E-state index < -0.39 is 28.4 Å². The second kappa shape index (κ2) is 6.79. The van der Waals surface area contributed by atoms with Crippen LogP contribution in [0.3, 0.4) is 0 Å². The van der Waals surface area contributed by atoms with Crippen molar-refractivity contribution in [3.8, 4) is 0 Å². The second-order valence-corrected chi connectivity index (χ2v) is 4.17. The van der Waals surface area contributed by atoms with Crippen molar-refractivity contribution < 1.29 is 19.2 Å². The predicted molar refractivity (Wildman–Crippen MR) is 66.3 cm³/mol. The first kappa shape index (κ1) is 15.0. The SMILES string of the molecule is CC(O)CCCNC(=O)c1ccc(F)c([N+](=O)[O-])c1. The molecule has 2 N–H and O–H groups in total. The summed E-state index contributed by atoms with van der Waals surface area (Å²) in [5.74, 6) is -1.48. The number of carbonyl (C=O) groups is 1. The lowest BCUT2D eigenvalue weighted by Crippen LogP contribution is -2.25. The maximum Gasteiger partial charge on any atom is 0.305 e. The number of nitro groups is 1. The lowest BCUT2D eigenvalue weighted by Gasteiger charge is -2.06. The fourth-order valence-electron chi connectivity index (χ4n) is 1.50. The fraction of sp³-hybridized carbons (Fsp3) is 0.417. The average molecular weight is 270 g/mol. The minimum atomic E-state index is -0.976. The lowest BCUT2D eigenvalue weighted by molar-refractivity contribution is -0.387. The van der Waals surface area contributed by atoms with Crippen molar-refractivity contribution in [2.45, 2.75) is 25.9 Å². The van der Waals surface area contributed by atoms with Gasteiger partial charge in [-0.2, -0.15) is 4.39 Å². The number of amides is 1. The number of rotatable bonds is 6. The number of aliphatic hydroxyl groups is 1. The Morgan fingerprint density at radius 3 is 2.84 bits per heavy atom. The molecule has 1 aromatic rings. The molecule has 0 fully saturated rings. The third-order valence-corrected chi connectivity index (χ3v) is 2.49. The van der Waals surface area contributed by atoms with Gasteiger partial charge < -0.3 is 10.4 Å². The van der Waals surface area contributed by atoms with Gasteiger partial charge in [-0.1, -0.05) is 0 Å². The Bertz CT molecular complexity index is 477. The van der Waals surface area contributed by atoms with Crippen LogP contribution in [0, 0.1) is 15.9 Å². The third kappa shape index (κ3) is 4.63. The van der Waals surface area contributed by atoms with Crippen LogP contribution in [0.5, 0.6) is 0 Å². The van der Waals surface area contributed by atoms with Gasteiger partial charge in [0.05, 0.1) is 11.0 Å². The van der Waals surface area contributed by atoms with Crippen LogP contribution in [0.15, 0.2) is 18.2 Å². The molecule has 0 aliphatic heterocycles. The van der Waals surface area contributed by atoms with E-state index in [1.54, 1.807) is 6.92 Å². The predicted octanol–water partition coefficient (Wildman–Crippen LogP) is 1.62. The van der Waals surface area contributed by atoms with Crippen LogP contribution in [0.25, 0.3) is 0 Å². The lowest BCUT2D eigenvalue weighted by atomic mass is 10.1. The molecular weight excluding hydrogens is 255 g/mol. The highest BCUT2D eigenvalue weighted by Crippen LogP contribution is 2.18. The molecule has 19 heavy (non-hydrogen) atoms. The maximum atomic E-state index is 13.1. The van der Waals surface area contributed by atoms with Crippen LogP contribution in [-0.4, -0.2) is 28.6 Å². The molecule has 0 saturated heterocycles. The summed E-state index contributed by atoms with van der Waals surface area (Å²) >= 11 is 0. The highest BCUT2D eigenvalue weighted by Gasteiger charge is 2.17. The van der Waals surface area contributed by atoms with Crippen LogP contribution in [0.4, 0.5) is 10.1 Å². The molecular formula is C12H15FN2O4. The monoisotopic (exact) mass is 270 g/mol. The molecule has 0 aliphatic rings. The van der Waals surface area contributed by atoms with Crippen LogP contribution in [0.2, 0.25) is 0 Å². The van der Waals surface area contributed by atoms with Crippen LogP contribution < -0.4 is 5.32 Å². The molecule has 0 spiro atoms. The van der Waals surface area contributed by atoms with Gasteiger partial charge in [0.2, 0.25) is 5.82 Å². The Labute approximate surface area is 109 Å². The van der Waals surface area contributed by atoms with E-state index in [0.29, 0.717) is 19.4 Å². The fourth-order valence-corrected chi connectivity index (χ4v) is 1.50. The molecule has 1 aromatic carbocycles. The molecule has 104 valence electrons. The number of carbonyl (C=O) groups excluding carboxylic acids is 1. The Kier molecular flexibility index (Phi) is 5.37. The van der Waals surface area contributed by atoms with Crippen LogP contribution >= 0.6 is 0 Å². The molecule has 0 aromatic heterocycles. The van der Waals surface area contributed by atoms with Gasteiger partial charge in [-0.25, -0.2) is 0 Å². The van der Waals surface area contributed by atoms with E-state index >= 15 is 0 Å².